The number of ether oxygens (including phenoxy) is 2. The second kappa shape index (κ2) is 6.21. The Bertz CT molecular complexity index is 503. The monoisotopic (exact) mass is 264 g/mol. The molecule has 0 saturated carbocycles. The molecule has 0 aliphatic rings. The Kier molecular flexibility index (Phi) is 4.36. The number of aromatic nitrogens is 2. The third-order valence-electron chi connectivity index (χ3n) is 2.19. The molecule has 0 saturated heterocycles. The average Bonchev–Trinajstić information content (AvgIpc) is 2.39. The summed E-state index contributed by atoms with van der Waals surface area (Å²) < 4.78 is 11.0. The van der Waals surface area contributed by atoms with Crippen LogP contribution in [0.1, 0.15) is 12.6 Å². The first kappa shape index (κ1) is 12.6. The molecule has 0 aliphatic heterocycles. The summed E-state index contributed by atoms with van der Waals surface area (Å²) in [5, 5.41) is 8.04. The van der Waals surface area contributed by atoms with Crippen LogP contribution < -0.4 is 9.47 Å². The van der Waals surface area contributed by atoms with Crippen molar-refractivity contribution in [2.45, 2.75) is 13.5 Å². The van der Waals surface area contributed by atoms with Gasteiger partial charge < -0.3 is 9.47 Å². The normalized spacial score (nSPS) is 10.1. The maximum absolute atomic E-state index is 5.65. The van der Waals surface area contributed by atoms with Gasteiger partial charge in [-0.05, 0) is 31.2 Å². The summed E-state index contributed by atoms with van der Waals surface area (Å²) in [4.78, 5) is 0. The summed E-state index contributed by atoms with van der Waals surface area (Å²) in [6.07, 6.45) is 0. The molecule has 0 atom stereocenters. The van der Waals surface area contributed by atoms with E-state index in [1.807, 2.05) is 31.2 Å². The van der Waals surface area contributed by atoms with E-state index in [4.69, 9.17) is 21.1 Å². The molecule has 0 fully saturated rings. The van der Waals surface area contributed by atoms with E-state index in [2.05, 4.69) is 10.2 Å². The van der Waals surface area contributed by atoms with Crippen molar-refractivity contribution in [3.05, 3.63) is 47.2 Å². The highest BCUT2D eigenvalue weighted by atomic mass is 35.5. The van der Waals surface area contributed by atoms with Crippen LogP contribution in [0.3, 0.4) is 0 Å². The highest BCUT2D eigenvalue weighted by Crippen LogP contribution is 2.20. The Morgan fingerprint density at radius 1 is 1.06 bits per heavy atom. The van der Waals surface area contributed by atoms with E-state index in [0.717, 1.165) is 17.2 Å². The lowest BCUT2D eigenvalue weighted by Crippen LogP contribution is -2.00. The first-order chi connectivity index (χ1) is 8.78. The van der Waals surface area contributed by atoms with Gasteiger partial charge >= 0.3 is 0 Å². The Balaban J connectivity index is 1.97. The topological polar surface area (TPSA) is 44.2 Å². The van der Waals surface area contributed by atoms with E-state index in [1.54, 1.807) is 12.1 Å². The third kappa shape index (κ3) is 3.60. The number of nitrogens with zero attached hydrogens (tertiary/aromatic N) is 2. The summed E-state index contributed by atoms with van der Waals surface area (Å²) >= 11 is 5.65. The van der Waals surface area contributed by atoms with Crippen molar-refractivity contribution in [2.24, 2.45) is 0 Å². The van der Waals surface area contributed by atoms with E-state index >= 15 is 0 Å². The molecule has 18 heavy (non-hydrogen) atoms. The summed E-state index contributed by atoms with van der Waals surface area (Å²) in [6.45, 7) is 2.92. The lowest BCUT2D eigenvalue weighted by molar-refractivity contribution is 0.294. The van der Waals surface area contributed by atoms with E-state index in [1.165, 1.54) is 0 Å². The van der Waals surface area contributed by atoms with Gasteiger partial charge in [0.25, 0.3) is 0 Å². The second-order valence-corrected chi connectivity index (χ2v) is 3.93. The van der Waals surface area contributed by atoms with Gasteiger partial charge in [-0.1, -0.05) is 17.7 Å². The number of halogens is 1. The summed E-state index contributed by atoms with van der Waals surface area (Å²) in [6, 6.07) is 10.9. The molecule has 0 radical (unpaired) electrons. The molecule has 4 nitrogen and oxygen atoms in total. The van der Waals surface area contributed by atoms with Crippen LogP contribution in [0.15, 0.2) is 36.4 Å². The van der Waals surface area contributed by atoms with Gasteiger partial charge in [-0.15, -0.1) is 5.10 Å². The first-order valence-electron chi connectivity index (χ1n) is 5.61. The zero-order valence-electron chi connectivity index (χ0n) is 9.97. The molecule has 2 aromatic rings. The van der Waals surface area contributed by atoms with E-state index in [0.29, 0.717) is 18.4 Å². The zero-order valence-corrected chi connectivity index (χ0v) is 10.7. The van der Waals surface area contributed by atoms with E-state index in [9.17, 15) is 0 Å². The number of hydrogen-bond acceptors (Lipinski definition) is 4. The minimum Gasteiger partial charge on any atom is -0.494 e. The fourth-order valence-corrected chi connectivity index (χ4v) is 1.50. The summed E-state index contributed by atoms with van der Waals surface area (Å²) in [7, 11) is 0. The quantitative estimate of drug-likeness (QED) is 0.832. The van der Waals surface area contributed by atoms with Gasteiger partial charge in [0.1, 0.15) is 23.8 Å². The van der Waals surface area contributed by atoms with Crippen LogP contribution in [0.4, 0.5) is 0 Å². The van der Waals surface area contributed by atoms with Crippen LogP contribution in [-0.4, -0.2) is 16.8 Å². The lowest BCUT2D eigenvalue weighted by Gasteiger charge is -2.07. The van der Waals surface area contributed by atoms with Crippen molar-refractivity contribution in [1.82, 2.24) is 10.2 Å². The Morgan fingerprint density at radius 3 is 2.50 bits per heavy atom. The Labute approximate surface area is 111 Å². The molecule has 0 bridgehead atoms. The smallest absolute Gasteiger partial charge is 0.151 e. The molecule has 2 rings (SSSR count). The molecule has 0 spiro atoms. The maximum atomic E-state index is 5.65. The molecule has 0 N–H and O–H groups in total. The van der Waals surface area contributed by atoms with E-state index < -0.39 is 0 Å². The zero-order chi connectivity index (χ0) is 12.8. The second-order valence-electron chi connectivity index (χ2n) is 3.54. The van der Waals surface area contributed by atoms with Gasteiger partial charge in [0, 0.05) is 6.07 Å². The fraction of sp³-hybridized carbons (Fsp3) is 0.231. The molecular weight excluding hydrogens is 252 g/mol. The van der Waals surface area contributed by atoms with Crippen molar-refractivity contribution in [3.63, 3.8) is 0 Å². The highest BCUT2D eigenvalue weighted by Gasteiger charge is 2.00. The van der Waals surface area contributed by atoms with Gasteiger partial charge in [0.15, 0.2) is 5.15 Å². The van der Waals surface area contributed by atoms with Crippen molar-refractivity contribution in [3.8, 4) is 11.5 Å². The van der Waals surface area contributed by atoms with Gasteiger partial charge in [0.2, 0.25) is 0 Å². The molecular formula is C13H13ClN2O2. The third-order valence-corrected chi connectivity index (χ3v) is 2.39. The van der Waals surface area contributed by atoms with Crippen molar-refractivity contribution < 1.29 is 9.47 Å². The van der Waals surface area contributed by atoms with Crippen LogP contribution in [-0.2, 0) is 6.61 Å². The number of benzene rings is 1. The molecule has 1 aromatic carbocycles. The molecule has 94 valence electrons. The predicted molar refractivity (Wildman–Crippen MR) is 69.0 cm³/mol. The molecule has 0 amide bonds. The molecule has 1 heterocycles. The van der Waals surface area contributed by atoms with Gasteiger partial charge in [0.05, 0.1) is 6.61 Å². The lowest BCUT2D eigenvalue weighted by atomic mass is 10.3. The van der Waals surface area contributed by atoms with E-state index in [-0.39, 0.29) is 0 Å². The summed E-state index contributed by atoms with van der Waals surface area (Å²) in [5.74, 6) is 1.52. The number of hydrogen-bond donors (Lipinski definition) is 0. The van der Waals surface area contributed by atoms with Crippen molar-refractivity contribution in [2.75, 3.05) is 6.61 Å². The summed E-state index contributed by atoms with van der Waals surface area (Å²) in [5.41, 5.74) is 0.723. The van der Waals surface area contributed by atoms with Crippen molar-refractivity contribution >= 4 is 11.6 Å². The SMILES string of the molecule is CCOc1cccc(OCc2ccc(Cl)nn2)c1. The minimum absolute atomic E-state index is 0.347. The first-order valence-corrected chi connectivity index (χ1v) is 5.99. The average molecular weight is 265 g/mol. The largest absolute Gasteiger partial charge is 0.494 e. The van der Waals surface area contributed by atoms with Gasteiger partial charge in [-0.25, -0.2) is 0 Å². The molecule has 0 aliphatic carbocycles. The van der Waals surface area contributed by atoms with Crippen LogP contribution in [0.25, 0.3) is 0 Å². The predicted octanol–water partition coefficient (Wildman–Crippen LogP) is 3.11. The van der Waals surface area contributed by atoms with Crippen LogP contribution in [0.5, 0.6) is 11.5 Å². The number of rotatable bonds is 5. The molecule has 5 heteroatoms. The van der Waals surface area contributed by atoms with Gasteiger partial charge in [-0.2, -0.15) is 5.10 Å². The van der Waals surface area contributed by atoms with Crippen molar-refractivity contribution in [1.29, 1.82) is 0 Å². The Hall–Kier alpha value is -1.81. The Morgan fingerprint density at radius 2 is 1.83 bits per heavy atom. The van der Waals surface area contributed by atoms with Crippen LogP contribution in [0, 0.1) is 0 Å². The standard InChI is InChI=1S/C13H13ClN2O2/c1-2-17-11-4-3-5-12(8-11)18-9-10-6-7-13(14)16-15-10/h3-8H,2,9H2,1H3. The van der Waals surface area contributed by atoms with Crippen LogP contribution in [0.2, 0.25) is 5.15 Å². The molecule has 1 aromatic heterocycles. The van der Waals surface area contributed by atoms with Crippen LogP contribution >= 0.6 is 11.6 Å². The maximum Gasteiger partial charge on any atom is 0.151 e. The minimum atomic E-state index is 0.347. The fourth-order valence-electron chi connectivity index (χ4n) is 1.40. The highest BCUT2D eigenvalue weighted by molar-refractivity contribution is 6.29. The van der Waals surface area contributed by atoms with Gasteiger partial charge in [-0.3, -0.25) is 0 Å². The molecule has 0 unspecified atom stereocenters.